The first-order valence-electron chi connectivity index (χ1n) is 6.58. The van der Waals surface area contributed by atoms with Crippen molar-refractivity contribution in [3.63, 3.8) is 0 Å². The van der Waals surface area contributed by atoms with Crippen molar-refractivity contribution in [2.45, 2.75) is 20.0 Å². The molecule has 0 bridgehead atoms. The molecule has 0 aliphatic rings. The van der Waals surface area contributed by atoms with Gasteiger partial charge in [-0.2, -0.15) is 0 Å². The van der Waals surface area contributed by atoms with E-state index in [2.05, 4.69) is 6.92 Å². The van der Waals surface area contributed by atoms with Gasteiger partial charge in [0.15, 0.2) is 0 Å². The minimum absolute atomic E-state index is 0.275. The molecule has 2 aromatic rings. The molecule has 0 unspecified atom stereocenters. The van der Waals surface area contributed by atoms with Gasteiger partial charge in [0.05, 0.1) is 6.61 Å². The number of ether oxygens (including phenoxy) is 2. The Kier molecular flexibility index (Phi) is 4.82. The van der Waals surface area contributed by atoms with E-state index < -0.39 is 0 Å². The van der Waals surface area contributed by atoms with Crippen molar-refractivity contribution >= 4 is 5.69 Å². The molecule has 0 amide bonds. The molecular formula is C16H18FNO2. The summed E-state index contributed by atoms with van der Waals surface area (Å²) in [6.45, 7) is 3.03. The van der Waals surface area contributed by atoms with Crippen molar-refractivity contribution in [2.24, 2.45) is 0 Å². The van der Waals surface area contributed by atoms with Crippen molar-refractivity contribution in [1.29, 1.82) is 0 Å². The van der Waals surface area contributed by atoms with E-state index in [0.717, 1.165) is 12.2 Å². The van der Waals surface area contributed by atoms with Gasteiger partial charge in [-0.3, -0.25) is 0 Å². The lowest BCUT2D eigenvalue weighted by Gasteiger charge is -2.09. The first-order valence-corrected chi connectivity index (χ1v) is 6.58. The molecule has 0 saturated carbocycles. The molecule has 2 rings (SSSR count). The zero-order chi connectivity index (χ0) is 14.4. The topological polar surface area (TPSA) is 44.5 Å². The molecule has 0 aliphatic heterocycles. The maximum absolute atomic E-state index is 13.2. The summed E-state index contributed by atoms with van der Waals surface area (Å²) in [6.07, 6.45) is 0.971. The van der Waals surface area contributed by atoms with E-state index in [9.17, 15) is 4.39 Å². The van der Waals surface area contributed by atoms with Crippen molar-refractivity contribution < 1.29 is 13.9 Å². The molecule has 0 radical (unpaired) electrons. The molecule has 0 saturated heterocycles. The number of halogens is 1. The summed E-state index contributed by atoms with van der Waals surface area (Å²) in [4.78, 5) is 0. The van der Waals surface area contributed by atoms with Crippen LogP contribution in [-0.2, 0) is 6.61 Å². The van der Waals surface area contributed by atoms with Crippen LogP contribution >= 0.6 is 0 Å². The van der Waals surface area contributed by atoms with Crippen LogP contribution in [0, 0.1) is 5.82 Å². The second kappa shape index (κ2) is 6.80. The summed E-state index contributed by atoms with van der Waals surface area (Å²) in [5, 5.41) is 0. The van der Waals surface area contributed by atoms with Crippen LogP contribution < -0.4 is 15.2 Å². The third kappa shape index (κ3) is 4.16. The second-order valence-corrected chi connectivity index (χ2v) is 4.50. The number of anilines is 1. The number of nitrogen functional groups attached to an aromatic ring is 1. The van der Waals surface area contributed by atoms with Crippen molar-refractivity contribution in [3.8, 4) is 11.5 Å². The molecule has 106 valence electrons. The zero-order valence-electron chi connectivity index (χ0n) is 11.4. The van der Waals surface area contributed by atoms with Crippen molar-refractivity contribution in [1.82, 2.24) is 0 Å². The number of benzene rings is 2. The Morgan fingerprint density at radius 3 is 2.25 bits per heavy atom. The molecule has 2 N–H and O–H groups in total. The summed E-state index contributed by atoms with van der Waals surface area (Å²) < 4.78 is 24.2. The summed E-state index contributed by atoms with van der Waals surface area (Å²) in [5.41, 5.74) is 6.68. The van der Waals surface area contributed by atoms with Gasteiger partial charge in [-0.15, -0.1) is 0 Å². The molecular weight excluding hydrogens is 257 g/mol. The fourth-order valence-electron chi connectivity index (χ4n) is 1.78. The maximum atomic E-state index is 13.2. The summed E-state index contributed by atoms with van der Waals surface area (Å²) in [5.74, 6) is 1.16. The van der Waals surface area contributed by atoms with E-state index in [4.69, 9.17) is 15.2 Å². The van der Waals surface area contributed by atoms with E-state index >= 15 is 0 Å². The number of hydrogen-bond acceptors (Lipinski definition) is 3. The molecule has 0 spiro atoms. The standard InChI is InChI=1S/C16H18FNO2/c1-2-7-19-15-3-5-16(6-4-15)20-11-12-8-13(17)10-14(18)9-12/h3-6,8-10H,2,7,11,18H2,1H3. The second-order valence-electron chi connectivity index (χ2n) is 4.50. The lowest BCUT2D eigenvalue weighted by atomic mass is 10.2. The average molecular weight is 275 g/mol. The smallest absolute Gasteiger partial charge is 0.125 e. The fraction of sp³-hybridized carbons (Fsp3) is 0.250. The highest BCUT2D eigenvalue weighted by Crippen LogP contribution is 2.19. The van der Waals surface area contributed by atoms with Gasteiger partial charge in [0, 0.05) is 5.69 Å². The molecule has 0 fully saturated rings. The maximum Gasteiger partial charge on any atom is 0.125 e. The van der Waals surface area contributed by atoms with Gasteiger partial charge in [0.2, 0.25) is 0 Å². The van der Waals surface area contributed by atoms with E-state index in [1.165, 1.54) is 12.1 Å². The third-order valence-electron chi connectivity index (χ3n) is 2.68. The van der Waals surface area contributed by atoms with E-state index in [-0.39, 0.29) is 12.4 Å². The van der Waals surface area contributed by atoms with Crippen LogP contribution in [0.2, 0.25) is 0 Å². The molecule has 4 heteroatoms. The van der Waals surface area contributed by atoms with Crippen molar-refractivity contribution in [2.75, 3.05) is 12.3 Å². The van der Waals surface area contributed by atoms with E-state index in [1.54, 1.807) is 6.07 Å². The number of nitrogens with two attached hydrogens (primary N) is 1. The fourth-order valence-corrected chi connectivity index (χ4v) is 1.78. The van der Waals surface area contributed by atoms with Gasteiger partial charge in [-0.1, -0.05) is 6.92 Å². The van der Waals surface area contributed by atoms with Crippen LogP contribution in [0.15, 0.2) is 42.5 Å². The molecule has 2 aromatic carbocycles. The summed E-state index contributed by atoms with van der Waals surface area (Å²) in [6, 6.07) is 11.7. The first-order chi connectivity index (χ1) is 9.67. The predicted octanol–water partition coefficient (Wildman–Crippen LogP) is 3.78. The third-order valence-corrected chi connectivity index (χ3v) is 2.68. The van der Waals surface area contributed by atoms with Gasteiger partial charge in [0.1, 0.15) is 23.9 Å². The van der Waals surface area contributed by atoms with Crippen LogP contribution in [0.3, 0.4) is 0 Å². The van der Waals surface area contributed by atoms with Crippen LogP contribution in [-0.4, -0.2) is 6.61 Å². The Morgan fingerprint density at radius 1 is 1.00 bits per heavy atom. The lowest BCUT2D eigenvalue weighted by Crippen LogP contribution is -1.98. The SMILES string of the molecule is CCCOc1ccc(OCc2cc(N)cc(F)c2)cc1. The Labute approximate surface area is 118 Å². The van der Waals surface area contributed by atoms with Gasteiger partial charge in [-0.05, 0) is 54.4 Å². The monoisotopic (exact) mass is 275 g/mol. The van der Waals surface area contributed by atoms with Gasteiger partial charge in [-0.25, -0.2) is 4.39 Å². The van der Waals surface area contributed by atoms with E-state index in [1.807, 2.05) is 24.3 Å². The molecule has 3 nitrogen and oxygen atoms in total. The summed E-state index contributed by atoms with van der Waals surface area (Å²) >= 11 is 0. The Bertz CT molecular complexity index is 535. The average Bonchev–Trinajstić information content (AvgIpc) is 2.43. The van der Waals surface area contributed by atoms with E-state index in [0.29, 0.717) is 23.6 Å². The number of hydrogen-bond donors (Lipinski definition) is 1. The highest BCUT2D eigenvalue weighted by molar-refractivity contribution is 5.41. The molecule has 20 heavy (non-hydrogen) atoms. The Balaban J connectivity index is 1.93. The van der Waals surface area contributed by atoms with Gasteiger partial charge < -0.3 is 15.2 Å². The quantitative estimate of drug-likeness (QED) is 0.816. The molecule has 0 aliphatic carbocycles. The normalized spacial score (nSPS) is 10.3. The van der Waals surface area contributed by atoms with Gasteiger partial charge >= 0.3 is 0 Å². The molecule has 0 aromatic heterocycles. The predicted molar refractivity (Wildman–Crippen MR) is 77.4 cm³/mol. The molecule has 0 heterocycles. The summed E-state index contributed by atoms with van der Waals surface area (Å²) in [7, 11) is 0. The Morgan fingerprint density at radius 2 is 1.65 bits per heavy atom. The minimum Gasteiger partial charge on any atom is -0.494 e. The highest BCUT2D eigenvalue weighted by Gasteiger charge is 2.01. The van der Waals surface area contributed by atoms with Crippen LogP contribution in [0.5, 0.6) is 11.5 Å². The largest absolute Gasteiger partial charge is 0.494 e. The van der Waals surface area contributed by atoms with Crippen molar-refractivity contribution in [3.05, 3.63) is 53.8 Å². The van der Waals surface area contributed by atoms with Crippen LogP contribution in [0.4, 0.5) is 10.1 Å². The van der Waals surface area contributed by atoms with Crippen LogP contribution in [0.25, 0.3) is 0 Å². The number of rotatable bonds is 6. The Hall–Kier alpha value is -2.23. The molecule has 0 atom stereocenters. The van der Waals surface area contributed by atoms with Gasteiger partial charge in [0.25, 0.3) is 0 Å². The minimum atomic E-state index is -0.355. The first kappa shape index (κ1) is 14.2. The zero-order valence-corrected chi connectivity index (χ0v) is 11.4. The lowest BCUT2D eigenvalue weighted by molar-refractivity contribution is 0.301. The van der Waals surface area contributed by atoms with Crippen LogP contribution in [0.1, 0.15) is 18.9 Å². The highest BCUT2D eigenvalue weighted by atomic mass is 19.1.